The lowest BCUT2D eigenvalue weighted by molar-refractivity contribution is -0.136. The summed E-state index contributed by atoms with van der Waals surface area (Å²) in [4.78, 5) is 52.8. The normalized spacial score (nSPS) is 20.2. The van der Waals surface area contributed by atoms with Gasteiger partial charge in [0.2, 0.25) is 17.7 Å². The highest BCUT2D eigenvalue weighted by Gasteiger charge is 2.40. The lowest BCUT2D eigenvalue weighted by Crippen LogP contribution is -2.52. The van der Waals surface area contributed by atoms with Crippen LogP contribution in [-0.4, -0.2) is 57.4 Å². The van der Waals surface area contributed by atoms with Crippen LogP contribution >= 0.6 is 0 Å². The van der Waals surface area contributed by atoms with Gasteiger partial charge in [-0.15, -0.1) is 0 Å². The van der Waals surface area contributed by atoms with Gasteiger partial charge in [0.05, 0.1) is 11.2 Å². The predicted octanol–water partition coefficient (Wildman–Crippen LogP) is 2.12. The number of hydrogen-bond acceptors (Lipinski definition) is 6. The van der Waals surface area contributed by atoms with Crippen molar-refractivity contribution in [2.24, 2.45) is 11.7 Å². The molecule has 1 unspecified atom stereocenters. The molecule has 0 bridgehead atoms. The Labute approximate surface area is 219 Å². The molecule has 2 saturated heterocycles. The summed E-state index contributed by atoms with van der Waals surface area (Å²) >= 11 is 0. The van der Waals surface area contributed by atoms with Crippen molar-refractivity contribution in [3.05, 3.63) is 58.8 Å². The average molecular weight is 515 g/mol. The zero-order chi connectivity index (χ0) is 26.6. The Balaban J connectivity index is 1.16. The zero-order valence-electron chi connectivity index (χ0n) is 21.3. The number of fused-ring (bicyclic) bond motifs is 2. The average Bonchev–Trinajstić information content (AvgIpc) is 3.40. The summed E-state index contributed by atoms with van der Waals surface area (Å²) in [6, 6.07) is 10.6. The molecule has 0 spiro atoms. The van der Waals surface area contributed by atoms with E-state index in [1.165, 1.54) is 0 Å². The molecule has 3 aliphatic heterocycles. The predicted molar refractivity (Wildman–Crippen MR) is 140 cm³/mol. The Kier molecular flexibility index (Phi) is 5.89. The molecule has 4 heterocycles. The van der Waals surface area contributed by atoms with Crippen molar-refractivity contribution in [3.63, 3.8) is 0 Å². The third-order valence-corrected chi connectivity index (χ3v) is 8.16. The molecular weight excluding hydrogens is 484 g/mol. The number of aryl methyl sites for hydroxylation is 1. The monoisotopic (exact) mass is 514 g/mol. The van der Waals surface area contributed by atoms with E-state index in [2.05, 4.69) is 16.3 Å². The van der Waals surface area contributed by atoms with E-state index < -0.39 is 17.9 Å². The van der Waals surface area contributed by atoms with Crippen molar-refractivity contribution in [1.82, 2.24) is 20.0 Å². The van der Waals surface area contributed by atoms with Gasteiger partial charge in [0.1, 0.15) is 6.04 Å². The molecule has 6 rings (SSSR count). The fourth-order valence-electron chi connectivity index (χ4n) is 6.10. The molecule has 3 aliphatic rings. The molecule has 10 heteroatoms. The van der Waals surface area contributed by atoms with E-state index >= 15 is 0 Å². The van der Waals surface area contributed by atoms with Gasteiger partial charge in [-0.2, -0.15) is 5.10 Å². The van der Waals surface area contributed by atoms with Crippen molar-refractivity contribution < 1.29 is 19.2 Å². The molecule has 0 aliphatic carbocycles. The van der Waals surface area contributed by atoms with Crippen molar-refractivity contribution in [1.29, 1.82) is 0 Å². The van der Waals surface area contributed by atoms with Gasteiger partial charge < -0.3 is 15.5 Å². The molecule has 0 radical (unpaired) electrons. The van der Waals surface area contributed by atoms with Crippen LogP contribution < -0.4 is 16.0 Å². The van der Waals surface area contributed by atoms with Crippen LogP contribution in [0.5, 0.6) is 0 Å². The van der Waals surface area contributed by atoms with Crippen LogP contribution in [0, 0.1) is 12.8 Å². The number of nitrogens with zero attached hydrogens (tertiary/aromatic N) is 4. The minimum atomic E-state index is -0.617. The number of rotatable bonds is 5. The molecule has 0 saturated carbocycles. The van der Waals surface area contributed by atoms with E-state index in [9.17, 15) is 19.2 Å². The number of benzene rings is 2. The van der Waals surface area contributed by atoms with Gasteiger partial charge in [0.25, 0.3) is 5.91 Å². The Morgan fingerprint density at radius 1 is 1.11 bits per heavy atom. The standard InChI is InChI=1S/C28H30N6O4/c1-16-19-6-5-18(26(29)36)13-24(19)34(31-16)14-17-9-11-32(12-10-17)22-4-2-3-20-21(22)15-33(28(20)38)23-7-8-25(35)30-27(23)37/h2-6,13,17,23H,7-12,14-15H2,1H3,(H2,29,36)(H,30,35,37). The number of imide groups is 1. The van der Waals surface area contributed by atoms with Crippen LogP contribution in [0.3, 0.4) is 0 Å². The highest BCUT2D eigenvalue weighted by molar-refractivity contribution is 6.06. The fourth-order valence-corrected chi connectivity index (χ4v) is 6.10. The number of anilines is 1. The molecule has 2 aromatic carbocycles. The summed E-state index contributed by atoms with van der Waals surface area (Å²) in [6.45, 7) is 4.80. The molecule has 2 fully saturated rings. The van der Waals surface area contributed by atoms with Gasteiger partial charge in [-0.3, -0.25) is 29.2 Å². The first-order valence-corrected chi connectivity index (χ1v) is 13.1. The topological polar surface area (TPSA) is 131 Å². The third kappa shape index (κ3) is 4.09. The number of nitrogens with one attached hydrogen (secondary N) is 1. The van der Waals surface area contributed by atoms with Gasteiger partial charge in [-0.25, -0.2) is 0 Å². The summed E-state index contributed by atoms with van der Waals surface area (Å²) in [5.41, 5.74) is 10.5. The number of carbonyl (C=O) groups excluding carboxylic acids is 4. The van der Waals surface area contributed by atoms with E-state index in [1.54, 1.807) is 11.0 Å². The summed E-state index contributed by atoms with van der Waals surface area (Å²) < 4.78 is 1.99. The lowest BCUT2D eigenvalue weighted by atomic mass is 9.95. The highest BCUT2D eigenvalue weighted by Crippen LogP contribution is 2.36. The van der Waals surface area contributed by atoms with Crippen LogP contribution in [0.2, 0.25) is 0 Å². The van der Waals surface area contributed by atoms with Crippen molar-refractivity contribution >= 4 is 40.2 Å². The molecular formula is C28H30N6O4. The summed E-state index contributed by atoms with van der Waals surface area (Å²) in [5, 5.41) is 8.13. The number of aromatic nitrogens is 2. The van der Waals surface area contributed by atoms with Crippen molar-refractivity contribution in [3.8, 4) is 0 Å². The molecule has 1 atom stereocenters. The molecule has 3 N–H and O–H groups in total. The van der Waals surface area contributed by atoms with Gasteiger partial charge in [-0.05, 0) is 56.4 Å². The minimum absolute atomic E-state index is 0.150. The lowest BCUT2D eigenvalue weighted by Gasteiger charge is -2.35. The quantitative estimate of drug-likeness (QED) is 0.502. The number of hydrogen-bond donors (Lipinski definition) is 2. The largest absolute Gasteiger partial charge is 0.371 e. The van der Waals surface area contributed by atoms with E-state index in [-0.39, 0.29) is 18.2 Å². The maximum atomic E-state index is 13.2. The first kappa shape index (κ1) is 24.1. The Bertz CT molecular complexity index is 1490. The van der Waals surface area contributed by atoms with E-state index in [1.807, 2.05) is 35.9 Å². The molecule has 1 aromatic heterocycles. The highest BCUT2D eigenvalue weighted by atomic mass is 16.2. The Morgan fingerprint density at radius 3 is 2.63 bits per heavy atom. The van der Waals surface area contributed by atoms with Crippen LogP contribution in [0.1, 0.15) is 57.7 Å². The van der Waals surface area contributed by atoms with E-state index in [4.69, 9.17) is 10.8 Å². The van der Waals surface area contributed by atoms with Crippen molar-refractivity contribution in [2.45, 2.75) is 51.7 Å². The van der Waals surface area contributed by atoms with E-state index in [0.29, 0.717) is 30.0 Å². The van der Waals surface area contributed by atoms with Crippen molar-refractivity contribution in [2.75, 3.05) is 18.0 Å². The number of amides is 4. The smallest absolute Gasteiger partial charge is 0.255 e. The zero-order valence-corrected chi connectivity index (χ0v) is 21.3. The third-order valence-electron chi connectivity index (χ3n) is 8.16. The first-order chi connectivity index (χ1) is 18.3. The number of carbonyl (C=O) groups is 4. The second kappa shape index (κ2) is 9.27. The van der Waals surface area contributed by atoms with Crippen LogP contribution in [0.4, 0.5) is 5.69 Å². The second-order valence-corrected chi connectivity index (χ2v) is 10.5. The minimum Gasteiger partial charge on any atom is -0.371 e. The maximum Gasteiger partial charge on any atom is 0.255 e. The number of nitrogens with two attached hydrogens (primary N) is 1. The van der Waals surface area contributed by atoms with Crippen LogP contribution in [0.25, 0.3) is 10.9 Å². The van der Waals surface area contributed by atoms with Crippen LogP contribution in [-0.2, 0) is 22.7 Å². The Morgan fingerprint density at radius 2 is 1.89 bits per heavy atom. The van der Waals surface area contributed by atoms with Crippen LogP contribution in [0.15, 0.2) is 36.4 Å². The maximum absolute atomic E-state index is 13.2. The second-order valence-electron chi connectivity index (χ2n) is 10.5. The summed E-state index contributed by atoms with van der Waals surface area (Å²) in [5.74, 6) is -0.859. The molecule has 3 aromatic rings. The van der Waals surface area contributed by atoms with Gasteiger partial charge in [0.15, 0.2) is 0 Å². The number of primary amides is 1. The first-order valence-electron chi connectivity index (χ1n) is 13.1. The molecule has 4 amide bonds. The molecule has 196 valence electrons. The SMILES string of the molecule is Cc1nn(CC2CCN(c3cccc4c3CN(C3CCC(=O)NC3=O)C4=O)CC2)c2cc(C(N)=O)ccc12. The van der Waals surface area contributed by atoms with Gasteiger partial charge >= 0.3 is 0 Å². The fraction of sp³-hybridized carbons (Fsp3) is 0.393. The molecule has 38 heavy (non-hydrogen) atoms. The summed E-state index contributed by atoms with van der Waals surface area (Å²) in [7, 11) is 0. The van der Waals surface area contributed by atoms with E-state index in [0.717, 1.165) is 60.3 Å². The Hall–Kier alpha value is -4.21. The molecule has 10 nitrogen and oxygen atoms in total. The van der Waals surface area contributed by atoms with Gasteiger partial charge in [-0.1, -0.05) is 12.1 Å². The number of piperidine rings is 2. The summed E-state index contributed by atoms with van der Waals surface area (Å²) in [6.07, 6.45) is 2.52. The van der Waals surface area contributed by atoms with Gasteiger partial charge in [0, 0.05) is 60.4 Å².